The highest BCUT2D eigenvalue weighted by Gasteiger charge is 2.50. The average Bonchev–Trinajstić information content (AvgIpc) is 3.40. The molecule has 10 aromatic carbocycles. The zero-order chi connectivity index (χ0) is 44.1. The number of hydrogen-bond donors (Lipinski definition) is 0. The molecule has 312 valence electrons. The average molecular weight is 877 g/mol. The maximum absolute atomic E-state index is 14.4. The lowest BCUT2D eigenvalue weighted by Gasteiger charge is -2.45. The van der Waals surface area contributed by atoms with Crippen molar-refractivity contribution in [3.8, 4) is 0 Å². The number of para-hydroxylation sites is 4. The molecule has 0 atom stereocenters. The van der Waals surface area contributed by atoms with Gasteiger partial charge in [-0.15, -0.1) is 0 Å². The molecular formula is C61H44N2OSi2. The lowest BCUT2D eigenvalue weighted by atomic mass is 10.0. The Morgan fingerprint density at radius 2 is 0.485 bits per heavy atom. The number of anilines is 6. The third kappa shape index (κ3) is 5.98. The van der Waals surface area contributed by atoms with Gasteiger partial charge in [-0.25, -0.2) is 0 Å². The lowest BCUT2D eigenvalue weighted by Crippen LogP contribution is -2.77. The number of nitrogens with zero attached hydrogens (tertiary/aromatic N) is 2. The van der Waals surface area contributed by atoms with Crippen molar-refractivity contribution in [2.24, 2.45) is 0 Å². The summed E-state index contributed by atoms with van der Waals surface area (Å²) >= 11 is 0. The van der Waals surface area contributed by atoms with E-state index < -0.39 is 16.1 Å². The third-order valence-electron chi connectivity index (χ3n) is 13.8. The fraction of sp³-hybridized carbons (Fsp3) is 0. The monoisotopic (exact) mass is 876 g/mol. The zero-order valence-corrected chi connectivity index (χ0v) is 38.2. The highest BCUT2D eigenvalue weighted by molar-refractivity contribution is 7.22. The van der Waals surface area contributed by atoms with Crippen LogP contribution in [0.1, 0.15) is 15.9 Å². The zero-order valence-electron chi connectivity index (χ0n) is 36.2. The SMILES string of the molecule is O=C(c1ccc(N2c3ccccc3[Si](c3ccccc3)(c3ccccc3)c3ccccc32)cc1)c1ccc(N2c3ccccc3[Si](c3ccccc3)(c3ccccc3)c3ccccc32)cc1. The first-order valence-electron chi connectivity index (χ1n) is 22.6. The van der Waals surface area contributed by atoms with Crippen LogP contribution in [0.5, 0.6) is 0 Å². The van der Waals surface area contributed by atoms with Gasteiger partial charge >= 0.3 is 0 Å². The van der Waals surface area contributed by atoms with Crippen LogP contribution in [0.3, 0.4) is 0 Å². The Hall–Kier alpha value is -8.10. The Balaban J connectivity index is 0.905. The third-order valence-corrected chi connectivity index (χ3v) is 23.5. The summed E-state index contributed by atoms with van der Waals surface area (Å²) in [5.41, 5.74) is 7.99. The fourth-order valence-corrected chi connectivity index (χ4v) is 21.3. The molecule has 5 heteroatoms. The fourth-order valence-electron chi connectivity index (χ4n) is 11.1. The van der Waals surface area contributed by atoms with E-state index in [0.29, 0.717) is 11.1 Å². The number of carbonyl (C=O) groups is 1. The Bertz CT molecular complexity index is 2970. The largest absolute Gasteiger partial charge is 0.311 e. The first kappa shape index (κ1) is 39.5. The van der Waals surface area contributed by atoms with Gasteiger partial charge in [0.15, 0.2) is 21.9 Å². The van der Waals surface area contributed by atoms with Gasteiger partial charge in [-0.3, -0.25) is 4.79 Å². The highest BCUT2D eigenvalue weighted by atomic mass is 28.3. The summed E-state index contributed by atoms with van der Waals surface area (Å²) in [7, 11) is -5.43. The molecule has 0 amide bonds. The number of hydrogen-bond acceptors (Lipinski definition) is 3. The van der Waals surface area contributed by atoms with Gasteiger partial charge in [0.2, 0.25) is 0 Å². The minimum Gasteiger partial charge on any atom is -0.311 e. The number of fused-ring (bicyclic) bond motifs is 4. The van der Waals surface area contributed by atoms with Crippen molar-refractivity contribution in [2.45, 2.75) is 0 Å². The second-order valence-electron chi connectivity index (χ2n) is 17.1. The van der Waals surface area contributed by atoms with Crippen molar-refractivity contribution in [3.63, 3.8) is 0 Å². The van der Waals surface area contributed by atoms with Crippen molar-refractivity contribution >= 4 is 97.5 Å². The standard InChI is InChI=1S/C61H44N2OSi2/c64-61(45-37-41-47(42-38-45)62-53-29-13-17-33-57(53)65(49-21-5-1-6-22-49,50-23-7-2-8-24-50)58-34-18-14-30-54(58)62)46-39-43-48(44-40-46)63-55-31-15-19-35-59(55)66(51-25-9-3-10-26-51,52-27-11-4-12-28-52)60-36-20-16-32-56(60)63/h1-44H. The van der Waals surface area contributed by atoms with E-state index in [2.05, 4.69) is 252 Å². The second kappa shape index (κ2) is 16.2. The summed E-state index contributed by atoms with van der Waals surface area (Å²) in [4.78, 5) is 19.2. The smallest absolute Gasteiger partial charge is 0.193 e. The predicted molar refractivity (Wildman–Crippen MR) is 280 cm³/mol. The maximum Gasteiger partial charge on any atom is 0.193 e. The topological polar surface area (TPSA) is 23.6 Å². The Kier molecular flexibility index (Phi) is 9.67. The molecule has 0 N–H and O–H groups in total. The first-order chi connectivity index (χ1) is 32.7. The van der Waals surface area contributed by atoms with Gasteiger partial charge < -0.3 is 9.80 Å². The summed E-state index contributed by atoms with van der Waals surface area (Å²) in [6, 6.07) is 96.2. The van der Waals surface area contributed by atoms with E-state index in [1.54, 1.807) is 0 Å². The molecule has 0 saturated heterocycles. The van der Waals surface area contributed by atoms with Crippen LogP contribution in [0.2, 0.25) is 0 Å². The van der Waals surface area contributed by atoms with Crippen LogP contribution < -0.4 is 51.3 Å². The molecule has 2 aliphatic rings. The van der Waals surface area contributed by atoms with E-state index in [4.69, 9.17) is 0 Å². The van der Waals surface area contributed by atoms with Gasteiger partial charge in [0.1, 0.15) is 0 Å². The predicted octanol–water partition coefficient (Wildman–Crippen LogP) is 9.24. The molecule has 0 spiro atoms. The van der Waals surface area contributed by atoms with Crippen molar-refractivity contribution in [2.75, 3.05) is 9.80 Å². The van der Waals surface area contributed by atoms with Gasteiger partial charge in [0.05, 0.1) is 0 Å². The van der Waals surface area contributed by atoms with Crippen molar-refractivity contribution < 1.29 is 4.79 Å². The molecule has 10 aromatic rings. The molecule has 0 saturated carbocycles. The van der Waals surface area contributed by atoms with Crippen LogP contribution in [0, 0.1) is 0 Å². The molecule has 3 nitrogen and oxygen atoms in total. The Morgan fingerprint density at radius 3 is 0.742 bits per heavy atom. The van der Waals surface area contributed by atoms with E-state index in [1.807, 2.05) is 24.3 Å². The van der Waals surface area contributed by atoms with Crippen molar-refractivity contribution in [3.05, 3.63) is 278 Å². The van der Waals surface area contributed by atoms with Crippen LogP contribution in [-0.2, 0) is 0 Å². The number of benzene rings is 10. The molecule has 0 aromatic heterocycles. The van der Waals surface area contributed by atoms with Gasteiger partial charge in [0.25, 0.3) is 0 Å². The molecule has 66 heavy (non-hydrogen) atoms. The van der Waals surface area contributed by atoms with E-state index in [9.17, 15) is 4.79 Å². The van der Waals surface area contributed by atoms with Gasteiger partial charge in [-0.05, 0) is 114 Å². The summed E-state index contributed by atoms with van der Waals surface area (Å²) in [6.45, 7) is 0. The van der Waals surface area contributed by atoms with Crippen LogP contribution in [-0.4, -0.2) is 21.9 Å². The second-order valence-corrected chi connectivity index (χ2v) is 24.6. The quantitative estimate of drug-likeness (QED) is 0.112. The van der Waals surface area contributed by atoms with E-state index in [1.165, 1.54) is 64.2 Å². The molecule has 2 aliphatic heterocycles. The lowest BCUT2D eigenvalue weighted by molar-refractivity contribution is 0.103. The number of carbonyl (C=O) groups excluding carboxylic acids is 1. The Labute approximate surface area is 388 Å². The molecule has 0 unspecified atom stereocenters. The highest BCUT2D eigenvalue weighted by Crippen LogP contribution is 2.40. The molecule has 0 bridgehead atoms. The van der Waals surface area contributed by atoms with E-state index >= 15 is 0 Å². The molecule has 0 radical (unpaired) electrons. The van der Waals surface area contributed by atoms with E-state index in [0.717, 1.165) is 11.4 Å². The summed E-state index contributed by atoms with van der Waals surface area (Å²) in [6.07, 6.45) is 0. The normalized spacial score (nSPS) is 14.0. The van der Waals surface area contributed by atoms with Crippen LogP contribution >= 0.6 is 0 Å². The van der Waals surface area contributed by atoms with Crippen molar-refractivity contribution in [1.29, 1.82) is 0 Å². The molecule has 0 aliphatic carbocycles. The summed E-state index contributed by atoms with van der Waals surface area (Å²) in [5, 5.41) is 10.8. The van der Waals surface area contributed by atoms with E-state index in [-0.39, 0.29) is 5.78 Å². The molecular weight excluding hydrogens is 833 g/mol. The molecule has 2 heterocycles. The van der Waals surface area contributed by atoms with Gasteiger partial charge in [-0.2, -0.15) is 0 Å². The molecule has 12 rings (SSSR count). The number of rotatable bonds is 8. The summed E-state index contributed by atoms with van der Waals surface area (Å²) in [5.74, 6) is -0.00820. The minimum absolute atomic E-state index is 0.00820. The van der Waals surface area contributed by atoms with Crippen LogP contribution in [0.25, 0.3) is 0 Å². The van der Waals surface area contributed by atoms with Crippen LogP contribution in [0.15, 0.2) is 267 Å². The maximum atomic E-state index is 14.4. The van der Waals surface area contributed by atoms with Gasteiger partial charge in [0, 0.05) is 45.3 Å². The molecule has 0 fully saturated rings. The summed E-state index contributed by atoms with van der Waals surface area (Å²) < 4.78 is 0. The minimum atomic E-state index is -2.72. The van der Waals surface area contributed by atoms with Gasteiger partial charge in [-0.1, -0.05) is 194 Å². The van der Waals surface area contributed by atoms with Crippen molar-refractivity contribution in [1.82, 2.24) is 0 Å². The number of ketones is 1. The van der Waals surface area contributed by atoms with Crippen LogP contribution in [0.4, 0.5) is 34.1 Å². The first-order valence-corrected chi connectivity index (χ1v) is 26.6. The Morgan fingerprint density at radius 1 is 0.258 bits per heavy atom.